The molecule has 0 radical (unpaired) electrons. The Kier molecular flexibility index (Phi) is 5.72. The molecule has 0 unspecified atom stereocenters. The topological polar surface area (TPSA) is 46.6 Å². The van der Waals surface area contributed by atoms with Crippen LogP contribution in [-0.4, -0.2) is 36.5 Å². The SMILES string of the molecule is C=CCOCCN1C(=O)[C@H]2[C@H](C1=O)[C@H](c1ccccc1)C=C[C@H]2c1ccccc1. The summed E-state index contributed by atoms with van der Waals surface area (Å²) in [7, 11) is 0. The number of fused-ring (bicyclic) bond motifs is 1. The van der Waals surface area contributed by atoms with Crippen LogP contribution >= 0.6 is 0 Å². The fraction of sp³-hybridized carbons (Fsp3) is 0.280. The van der Waals surface area contributed by atoms with E-state index in [9.17, 15) is 9.59 Å². The Balaban J connectivity index is 1.69. The van der Waals surface area contributed by atoms with Gasteiger partial charge in [-0.15, -0.1) is 6.58 Å². The van der Waals surface area contributed by atoms with Crippen LogP contribution in [0.2, 0.25) is 0 Å². The lowest BCUT2D eigenvalue weighted by Crippen LogP contribution is -2.34. The normalized spacial score (nSPS) is 25.9. The predicted octanol–water partition coefficient (Wildman–Crippen LogP) is 3.93. The van der Waals surface area contributed by atoms with Gasteiger partial charge >= 0.3 is 0 Å². The van der Waals surface area contributed by atoms with Crippen molar-refractivity contribution >= 4 is 11.8 Å². The molecule has 29 heavy (non-hydrogen) atoms. The molecule has 4 atom stereocenters. The minimum Gasteiger partial charge on any atom is -0.376 e. The fourth-order valence-electron chi connectivity index (χ4n) is 4.54. The summed E-state index contributed by atoms with van der Waals surface area (Å²) in [5.41, 5.74) is 2.13. The van der Waals surface area contributed by atoms with Gasteiger partial charge in [0.25, 0.3) is 0 Å². The molecule has 1 fully saturated rings. The van der Waals surface area contributed by atoms with E-state index < -0.39 is 0 Å². The van der Waals surface area contributed by atoms with Crippen molar-refractivity contribution in [2.75, 3.05) is 19.8 Å². The molecule has 0 N–H and O–H groups in total. The van der Waals surface area contributed by atoms with E-state index >= 15 is 0 Å². The Morgan fingerprint density at radius 3 is 1.76 bits per heavy atom. The van der Waals surface area contributed by atoms with Crippen molar-refractivity contribution in [3.05, 3.63) is 96.6 Å². The minimum absolute atomic E-state index is 0.0960. The van der Waals surface area contributed by atoms with E-state index in [1.54, 1.807) is 6.08 Å². The van der Waals surface area contributed by atoms with Crippen LogP contribution < -0.4 is 0 Å². The predicted molar refractivity (Wildman–Crippen MR) is 112 cm³/mol. The molecule has 2 amide bonds. The highest BCUT2D eigenvalue weighted by atomic mass is 16.5. The van der Waals surface area contributed by atoms with Gasteiger partial charge in [0.2, 0.25) is 11.8 Å². The Labute approximate surface area is 171 Å². The zero-order valence-corrected chi connectivity index (χ0v) is 16.3. The van der Waals surface area contributed by atoms with E-state index in [1.165, 1.54) is 4.90 Å². The van der Waals surface area contributed by atoms with Crippen LogP contribution in [0, 0.1) is 11.8 Å². The first-order valence-corrected chi connectivity index (χ1v) is 10.0. The van der Waals surface area contributed by atoms with Gasteiger partial charge < -0.3 is 4.74 Å². The summed E-state index contributed by atoms with van der Waals surface area (Å²) in [5.74, 6) is -1.17. The lowest BCUT2D eigenvalue weighted by atomic mass is 9.68. The van der Waals surface area contributed by atoms with Crippen LogP contribution in [0.4, 0.5) is 0 Å². The van der Waals surface area contributed by atoms with Gasteiger partial charge in [-0.05, 0) is 11.1 Å². The van der Waals surface area contributed by atoms with Gasteiger partial charge in [-0.1, -0.05) is 78.9 Å². The monoisotopic (exact) mass is 387 g/mol. The van der Waals surface area contributed by atoms with E-state index in [1.807, 2.05) is 60.7 Å². The summed E-state index contributed by atoms with van der Waals surface area (Å²) in [6.45, 7) is 4.63. The molecular weight excluding hydrogens is 362 g/mol. The average molecular weight is 387 g/mol. The van der Waals surface area contributed by atoms with Crippen molar-refractivity contribution in [1.82, 2.24) is 4.90 Å². The Morgan fingerprint density at radius 1 is 0.828 bits per heavy atom. The number of carbonyl (C=O) groups excluding carboxylic acids is 2. The van der Waals surface area contributed by atoms with Crippen LogP contribution in [0.15, 0.2) is 85.5 Å². The maximum Gasteiger partial charge on any atom is 0.234 e. The Morgan fingerprint density at radius 2 is 1.31 bits per heavy atom. The highest BCUT2D eigenvalue weighted by molar-refractivity contribution is 6.06. The molecule has 0 saturated carbocycles. The molecule has 0 spiro atoms. The second kappa shape index (κ2) is 8.58. The van der Waals surface area contributed by atoms with Gasteiger partial charge in [0.05, 0.1) is 31.6 Å². The molecule has 2 aromatic rings. The average Bonchev–Trinajstić information content (AvgIpc) is 3.02. The van der Waals surface area contributed by atoms with Crippen LogP contribution in [0.25, 0.3) is 0 Å². The first-order valence-electron chi connectivity index (χ1n) is 10.0. The minimum atomic E-state index is -0.389. The molecule has 1 aliphatic heterocycles. The number of benzene rings is 2. The zero-order valence-electron chi connectivity index (χ0n) is 16.3. The van der Waals surface area contributed by atoms with Crippen molar-refractivity contribution in [3.63, 3.8) is 0 Å². The van der Waals surface area contributed by atoms with Gasteiger partial charge in [0.15, 0.2) is 0 Å². The number of rotatable bonds is 7. The third kappa shape index (κ3) is 3.68. The Hall–Kier alpha value is -2.98. The third-order valence-electron chi connectivity index (χ3n) is 5.85. The first kappa shape index (κ1) is 19.3. The summed E-state index contributed by atoms with van der Waals surface area (Å²) < 4.78 is 5.44. The van der Waals surface area contributed by atoms with E-state index in [0.29, 0.717) is 13.2 Å². The first-order chi connectivity index (χ1) is 14.2. The number of hydrogen-bond donors (Lipinski definition) is 0. The summed E-state index contributed by atoms with van der Waals surface area (Å²) in [6.07, 6.45) is 5.88. The van der Waals surface area contributed by atoms with Crippen LogP contribution in [0.1, 0.15) is 23.0 Å². The smallest absolute Gasteiger partial charge is 0.234 e. The lowest BCUT2D eigenvalue weighted by Gasteiger charge is -2.32. The maximum atomic E-state index is 13.4. The molecule has 1 aliphatic carbocycles. The van der Waals surface area contributed by atoms with E-state index in [2.05, 4.69) is 18.7 Å². The van der Waals surface area contributed by atoms with Gasteiger partial charge in [-0.2, -0.15) is 0 Å². The number of amides is 2. The molecule has 2 aromatic carbocycles. The number of nitrogens with zero attached hydrogens (tertiary/aromatic N) is 1. The highest BCUT2D eigenvalue weighted by Crippen LogP contribution is 2.49. The second-order valence-corrected chi connectivity index (χ2v) is 7.50. The Bertz CT molecular complexity index is 839. The third-order valence-corrected chi connectivity index (χ3v) is 5.85. The van der Waals surface area contributed by atoms with Crippen molar-refractivity contribution in [2.45, 2.75) is 11.8 Å². The molecule has 1 saturated heterocycles. The number of imide groups is 1. The molecule has 4 nitrogen and oxygen atoms in total. The van der Waals surface area contributed by atoms with Crippen molar-refractivity contribution in [1.29, 1.82) is 0 Å². The molecule has 4 heteroatoms. The van der Waals surface area contributed by atoms with E-state index in [4.69, 9.17) is 4.74 Å². The standard InChI is InChI=1S/C25H25NO3/c1-2-16-29-17-15-26-24(27)22-20(18-9-5-3-6-10-18)13-14-21(23(22)25(26)28)19-11-7-4-8-12-19/h2-14,20-23H,1,15-17H2/t20-,21-,22+,23+/m0/s1. The molecule has 4 rings (SSSR count). The molecule has 148 valence electrons. The van der Waals surface area contributed by atoms with Crippen LogP contribution in [0.5, 0.6) is 0 Å². The fourth-order valence-corrected chi connectivity index (χ4v) is 4.54. The summed E-state index contributed by atoms with van der Waals surface area (Å²) in [6, 6.07) is 20.0. The largest absolute Gasteiger partial charge is 0.376 e. The van der Waals surface area contributed by atoms with Crippen molar-refractivity contribution in [2.24, 2.45) is 11.8 Å². The zero-order chi connectivity index (χ0) is 20.2. The quantitative estimate of drug-likeness (QED) is 0.411. The number of hydrogen-bond acceptors (Lipinski definition) is 3. The molecular formula is C25H25NO3. The lowest BCUT2D eigenvalue weighted by molar-refractivity contribution is -0.140. The number of carbonyl (C=O) groups is 2. The van der Waals surface area contributed by atoms with E-state index in [-0.39, 0.29) is 42.0 Å². The summed E-state index contributed by atoms with van der Waals surface area (Å²) in [4.78, 5) is 28.1. The van der Waals surface area contributed by atoms with Crippen molar-refractivity contribution in [3.8, 4) is 0 Å². The molecule has 2 aliphatic rings. The van der Waals surface area contributed by atoms with Crippen LogP contribution in [0.3, 0.4) is 0 Å². The summed E-state index contributed by atoms with van der Waals surface area (Å²) in [5, 5.41) is 0. The number of ether oxygens (including phenoxy) is 1. The molecule has 0 aromatic heterocycles. The van der Waals surface area contributed by atoms with E-state index in [0.717, 1.165) is 11.1 Å². The maximum absolute atomic E-state index is 13.4. The van der Waals surface area contributed by atoms with Gasteiger partial charge in [-0.25, -0.2) is 0 Å². The van der Waals surface area contributed by atoms with Crippen molar-refractivity contribution < 1.29 is 14.3 Å². The van der Waals surface area contributed by atoms with Gasteiger partial charge in [-0.3, -0.25) is 14.5 Å². The second-order valence-electron chi connectivity index (χ2n) is 7.50. The molecule has 0 bridgehead atoms. The number of allylic oxidation sites excluding steroid dienone is 2. The number of likely N-dealkylation sites (tertiary alicyclic amines) is 1. The van der Waals surface area contributed by atoms with Gasteiger partial charge in [0.1, 0.15) is 0 Å². The van der Waals surface area contributed by atoms with Gasteiger partial charge in [0, 0.05) is 11.8 Å². The summed E-state index contributed by atoms with van der Waals surface area (Å²) >= 11 is 0. The molecule has 1 heterocycles. The van der Waals surface area contributed by atoms with Crippen LogP contribution in [-0.2, 0) is 14.3 Å². The highest BCUT2D eigenvalue weighted by Gasteiger charge is 2.54.